The van der Waals surface area contributed by atoms with Gasteiger partial charge >= 0.3 is 0 Å². The number of nitrogens with two attached hydrogens (primary N) is 1. The molecule has 0 spiro atoms. The molecule has 6 heteroatoms. The van der Waals surface area contributed by atoms with Crippen molar-refractivity contribution < 1.29 is 0 Å². The van der Waals surface area contributed by atoms with Crippen LogP contribution in [0.4, 0.5) is 11.6 Å². The molecule has 0 amide bonds. The Balaban J connectivity index is 2.21. The third kappa shape index (κ3) is 2.27. The predicted molar refractivity (Wildman–Crippen MR) is 63.3 cm³/mol. The van der Waals surface area contributed by atoms with E-state index in [4.69, 9.17) is 29.0 Å². The maximum Gasteiger partial charge on any atom is 0.161 e. The van der Waals surface area contributed by atoms with Gasteiger partial charge in [0.25, 0.3) is 0 Å². The van der Waals surface area contributed by atoms with Crippen LogP contribution in [0.1, 0.15) is 19.3 Å². The molecular weight excluding hydrogens is 235 g/mol. The minimum atomic E-state index is 0.418. The van der Waals surface area contributed by atoms with Gasteiger partial charge in [0.2, 0.25) is 0 Å². The molecule has 1 fully saturated rings. The minimum Gasteiger partial charge on any atom is -0.366 e. The van der Waals surface area contributed by atoms with Crippen LogP contribution in [0.2, 0.25) is 10.0 Å². The van der Waals surface area contributed by atoms with E-state index in [1.807, 2.05) is 0 Å². The fraction of sp³-hybridized carbons (Fsp3) is 0.444. The molecule has 0 unspecified atom stereocenters. The van der Waals surface area contributed by atoms with Gasteiger partial charge in [-0.05, 0) is 25.3 Å². The summed E-state index contributed by atoms with van der Waals surface area (Å²) in [5.41, 5.74) is 2.43. The first-order chi connectivity index (χ1) is 7.20. The molecule has 82 valence electrons. The first-order valence-electron chi connectivity index (χ1n) is 4.80. The fourth-order valence-corrected chi connectivity index (χ4v) is 1.88. The lowest BCUT2D eigenvalue weighted by atomic mass is 9.93. The average Bonchev–Trinajstić information content (AvgIpc) is 2.14. The number of halogens is 2. The molecular formula is C9H12Cl2N4. The van der Waals surface area contributed by atoms with Crippen molar-refractivity contribution in [2.75, 3.05) is 10.7 Å². The summed E-state index contributed by atoms with van der Waals surface area (Å²) in [6.45, 7) is 0. The smallest absolute Gasteiger partial charge is 0.161 e. The van der Waals surface area contributed by atoms with Crippen molar-refractivity contribution in [2.24, 2.45) is 5.84 Å². The predicted octanol–water partition coefficient (Wildman–Crippen LogP) is 2.64. The Kier molecular flexibility index (Phi) is 3.19. The van der Waals surface area contributed by atoms with Crippen LogP contribution in [0.5, 0.6) is 0 Å². The lowest BCUT2D eigenvalue weighted by molar-refractivity contribution is 0.444. The standard InChI is InChI=1S/C9H12Cl2N4/c10-6-4-7(11)9(15-12)14-8(6)13-5-2-1-3-5/h4-5H,1-3,12H2,(H2,13,14,15). The summed E-state index contributed by atoms with van der Waals surface area (Å²) in [6, 6.07) is 2.11. The highest BCUT2D eigenvalue weighted by atomic mass is 35.5. The second kappa shape index (κ2) is 4.43. The summed E-state index contributed by atoms with van der Waals surface area (Å²) in [7, 11) is 0. The highest BCUT2D eigenvalue weighted by Gasteiger charge is 2.19. The van der Waals surface area contributed by atoms with Crippen molar-refractivity contribution in [2.45, 2.75) is 25.3 Å². The Morgan fingerprint density at radius 3 is 2.47 bits per heavy atom. The Morgan fingerprint density at radius 2 is 1.93 bits per heavy atom. The Hall–Kier alpha value is -0.710. The minimum absolute atomic E-state index is 0.418. The topological polar surface area (TPSA) is 63.0 Å². The second-order valence-electron chi connectivity index (χ2n) is 3.57. The van der Waals surface area contributed by atoms with Crippen LogP contribution in [0, 0.1) is 0 Å². The van der Waals surface area contributed by atoms with Crippen LogP contribution < -0.4 is 16.6 Å². The molecule has 4 nitrogen and oxygen atoms in total. The van der Waals surface area contributed by atoms with Crippen LogP contribution in [0.3, 0.4) is 0 Å². The summed E-state index contributed by atoms with van der Waals surface area (Å²) >= 11 is 11.9. The zero-order valence-electron chi connectivity index (χ0n) is 8.06. The first kappa shape index (κ1) is 10.8. The van der Waals surface area contributed by atoms with Crippen LogP contribution >= 0.6 is 23.2 Å². The van der Waals surface area contributed by atoms with Gasteiger partial charge in [0, 0.05) is 6.04 Å². The van der Waals surface area contributed by atoms with E-state index in [0.29, 0.717) is 27.7 Å². The van der Waals surface area contributed by atoms with Gasteiger partial charge in [-0.3, -0.25) is 0 Å². The zero-order valence-corrected chi connectivity index (χ0v) is 9.57. The molecule has 0 aliphatic heterocycles. The summed E-state index contributed by atoms with van der Waals surface area (Å²) in [5.74, 6) is 6.35. The number of hydrogen-bond donors (Lipinski definition) is 3. The maximum absolute atomic E-state index is 6.01. The number of rotatable bonds is 3. The van der Waals surface area contributed by atoms with Crippen LogP contribution in [-0.2, 0) is 0 Å². The number of nitrogens with zero attached hydrogens (tertiary/aromatic N) is 1. The molecule has 1 heterocycles. The van der Waals surface area contributed by atoms with Gasteiger partial charge in [-0.25, -0.2) is 10.8 Å². The van der Waals surface area contributed by atoms with Gasteiger partial charge < -0.3 is 10.7 Å². The molecule has 0 saturated heterocycles. The molecule has 4 N–H and O–H groups in total. The average molecular weight is 247 g/mol. The van der Waals surface area contributed by atoms with E-state index in [1.165, 1.54) is 6.42 Å². The molecule has 1 aromatic heterocycles. The van der Waals surface area contributed by atoms with Crippen molar-refractivity contribution in [3.8, 4) is 0 Å². The summed E-state index contributed by atoms with van der Waals surface area (Å²) in [5, 5.41) is 4.19. The molecule has 0 aromatic carbocycles. The normalized spacial score (nSPS) is 15.9. The van der Waals surface area contributed by atoms with E-state index in [9.17, 15) is 0 Å². The van der Waals surface area contributed by atoms with E-state index in [1.54, 1.807) is 6.07 Å². The molecule has 0 radical (unpaired) electrons. The molecule has 1 aliphatic rings. The molecule has 2 rings (SSSR count). The van der Waals surface area contributed by atoms with Crippen LogP contribution in [0.25, 0.3) is 0 Å². The van der Waals surface area contributed by atoms with Crippen molar-refractivity contribution >= 4 is 34.8 Å². The number of hydrazine groups is 1. The van der Waals surface area contributed by atoms with Crippen molar-refractivity contribution in [3.05, 3.63) is 16.1 Å². The zero-order chi connectivity index (χ0) is 10.8. The fourth-order valence-electron chi connectivity index (χ4n) is 1.41. The molecule has 1 aromatic rings. The summed E-state index contributed by atoms with van der Waals surface area (Å²) in [4.78, 5) is 4.20. The summed E-state index contributed by atoms with van der Waals surface area (Å²) < 4.78 is 0. The van der Waals surface area contributed by atoms with E-state index in [2.05, 4.69) is 15.7 Å². The number of anilines is 2. The van der Waals surface area contributed by atoms with Gasteiger partial charge in [0.15, 0.2) is 5.82 Å². The number of aromatic nitrogens is 1. The monoisotopic (exact) mass is 246 g/mol. The molecule has 1 saturated carbocycles. The van der Waals surface area contributed by atoms with E-state index >= 15 is 0 Å². The van der Waals surface area contributed by atoms with Gasteiger partial charge in [-0.2, -0.15) is 0 Å². The number of nitrogen functional groups attached to an aromatic ring is 1. The quantitative estimate of drug-likeness (QED) is 0.567. The third-order valence-electron chi connectivity index (χ3n) is 2.51. The molecule has 15 heavy (non-hydrogen) atoms. The van der Waals surface area contributed by atoms with Crippen LogP contribution in [-0.4, -0.2) is 11.0 Å². The molecule has 0 bridgehead atoms. The number of nitrogens with one attached hydrogen (secondary N) is 2. The van der Waals surface area contributed by atoms with Gasteiger partial charge in [-0.1, -0.05) is 23.2 Å². The highest BCUT2D eigenvalue weighted by molar-refractivity contribution is 6.37. The largest absolute Gasteiger partial charge is 0.366 e. The lowest BCUT2D eigenvalue weighted by Crippen LogP contribution is -2.27. The highest BCUT2D eigenvalue weighted by Crippen LogP contribution is 2.31. The third-order valence-corrected chi connectivity index (χ3v) is 3.09. The number of pyridine rings is 1. The Bertz CT molecular complexity index is 365. The molecule has 1 aliphatic carbocycles. The lowest BCUT2D eigenvalue weighted by Gasteiger charge is -2.27. The van der Waals surface area contributed by atoms with Crippen LogP contribution in [0.15, 0.2) is 6.07 Å². The van der Waals surface area contributed by atoms with Gasteiger partial charge in [0.05, 0.1) is 10.0 Å². The van der Waals surface area contributed by atoms with Crippen molar-refractivity contribution in [1.82, 2.24) is 4.98 Å². The first-order valence-corrected chi connectivity index (χ1v) is 5.55. The Morgan fingerprint density at radius 1 is 1.27 bits per heavy atom. The van der Waals surface area contributed by atoms with Gasteiger partial charge in [-0.15, -0.1) is 0 Å². The number of hydrogen-bond acceptors (Lipinski definition) is 4. The second-order valence-corrected chi connectivity index (χ2v) is 4.38. The Labute approximate surface area is 98.1 Å². The van der Waals surface area contributed by atoms with Crippen molar-refractivity contribution in [3.63, 3.8) is 0 Å². The van der Waals surface area contributed by atoms with Gasteiger partial charge in [0.1, 0.15) is 5.82 Å². The van der Waals surface area contributed by atoms with E-state index < -0.39 is 0 Å². The van der Waals surface area contributed by atoms with Crippen molar-refractivity contribution in [1.29, 1.82) is 0 Å². The van der Waals surface area contributed by atoms with E-state index in [0.717, 1.165) is 12.8 Å². The SMILES string of the molecule is NNc1nc(NC2CCC2)c(Cl)cc1Cl. The van der Waals surface area contributed by atoms with E-state index in [-0.39, 0.29) is 0 Å². The molecule has 0 atom stereocenters. The summed E-state index contributed by atoms with van der Waals surface area (Å²) in [6.07, 6.45) is 3.57. The maximum atomic E-state index is 6.01.